The zero-order chi connectivity index (χ0) is 13.4. The number of hydrogen-bond donors (Lipinski definition) is 1. The van der Waals surface area contributed by atoms with E-state index in [0.717, 1.165) is 17.3 Å². The molecule has 0 saturated carbocycles. The first-order valence-corrected chi connectivity index (χ1v) is 6.84. The van der Waals surface area contributed by atoms with E-state index < -0.39 is 0 Å². The number of rotatable bonds is 7. The minimum absolute atomic E-state index is 0.152. The van der Waals surface area contributed by atoms with Crippen LogP contribution in [0.15, 0.2) is 24.3 Å². The number of carbonyl (C=O) groups excluding carboxylic acids is 1. The summed E-state index contributed by atoms with van der Waals surface area (Å²) in [5, 5.41) is 0. The Labute approximate surface area is 112 Å². The van der Waals surface area contributed by atoms with Crippen molar-refractivity contribution in [2.75, 3.05) is 20.0 Å². The van der Waals surface area contributed by atoms with E-state index in [4.69, 9.17) is 10.5 Å². The molecule has 0 spiro atoms. The SMILES string of the molecule is COC(=O)C[C@H](N)CSCc1ccc(OC)cc1. The molecule has 0 unspecified atom stereocenters. The molecule has 2 N–H and O–H groups in total. The highest BCUT2D eigenvalue weighted by Gasteiger charge is 2.09. The van der Waals surface area contributed by atoms with Crippen molar-refractivity contribution in [3.63, 3.8) is 0 Å². The van der Waals surface area contributed by atoms with Gasteiger partial charge in [-0.2, -0.15) is 11.8 Å². The van der Waals surface area contributed by atoms with E-state index in [1.165, 1.54) is 12.7 Å². The van der Waals surface area contributed by atoms with Gasteiger partial charge in [-0.25, -0.2) is 0 Å². The van der Waals surface area contributed by atoms with Crippen LogP contribution in [0.4, 0.5) is 0 Å². The highest BCUT2D eigenvalue weighted by molar-refractivity contribution is 7.98. The lowest BCUT2D eigenvalue weighted by Gasteiger charge is -2.09. The van der Waals surface area contributed by atoms with Crippen molar-refractivity contribution in [1.82, 2.24) is 0 Å². The first-order chi connectivity index (χ1) is 8.65. The summed E-state index contributed by atoms with van der Waals surface area (Å²) >= 11 is 1.71. The van der Waals surface area contributed by atoms with Crippen molar-refractivity contribution < 1.29 is 14.3 Å². The molecule has 1 rings (SSSR count). The van der Waals surface area contributed by atoms with Crippen LogP contribution in [0.5, 0.6) is 5.75 Å². The van der Waals surface area contributed by atoms with Gasteiger partial charge in [-0.3, -0.25) is 4.79 Å². The highest BCUT2D eigenvalue weighted by Crippen LogP contribution is 2.17. The Balaban J connectivity index is 2.26. The molecule has 0 radical (unpaired) electrons. The van der Waals surface area contributed by atoms with Crippen LogP contribution < -0.4 is 10.5 Å². The first-order valence-electron chi connectivity index (χ1n) is 5.68. The second-order valence-corrected chi connectivity index (χ2v) is 4.93. The Morgan fingerprint density at radius 3 is 2.56 bits per heavy atom. The van der Waals surface area contributed by atoms with E-state index in [-0.39, 0.29) is 18.4 Å². The predicted molar refractivity (Wildman–Crippen MR) is 73.8 cm³/mol. The number of hydrogen-bond acceptors (Lipinski definition) is 5. The van der Waals surface area contributed by atoms with Gasteiger partial charge in [0, 0.05) is 17.5 Å². The molecule has 4 nitrogen and oxygen atoms in total. The summed E-state index contributed by atoms with van der Waals surface area (Å²) in [6, 6.07) is 7.77. The van der Waals surface area contributed by atoms with Gasteiger partial charge in [-0.15, -0.1) is 0 Å². The Morgan fingerprint density at radius 2 is 2.00 bits per heavy atom. The van der Waals surface area contributed by atoms with Crippen molar-refractivity contribution in [1.29, 1.82) is 0 Å². The first kappa shape index (κ1) is 14.9. The van der Waals surface area contributed by atoms with Gasteiger partial charge < -0.3 is 15.2 Å². The topological polar surface area (TPSA) is 61.5 Å². The Morgan fingerprint density at radius 1 is 1.33 bits per heavy atom. The number of benzene rings is 1. The van der Waals surface area contributed by atoms with Crippen LogP contribution in [0.1, 0.15) is 12.0 Å². The zero-order valence-corrected chi connectivity index (χ0v) is 11.5. The molecule has 1 atom stereocenters. The summed E-state index contributed by atoms with van der Waals surface area (Å²) in [6.07, 6.45) is 0.270. The van der Waals surface area contributed by atoms with Gasteiger partial charge in [-0.05, 0) is 17.7 Å². The van der Waals surface area contributed by atoms with Crippen LogP contribution in [0.2, 0.25) is 0 Å². The lowest BCUT2D eigenvalue weighted by atomic mass is 10.2. The maximum absolute atomic E-state index is 11.0. The summed E-state index contributed by atoms with van der Waals surface area (Å²) in [7, 11) is 3.02. The average Bonchev–Trinajstić information content (AvgIpc) is 2.39. The third-order valence-electron chi connectivity index (χ3n) is 2.42. The van der Waals surface area contributed by atoms with Crippen LogP contribution in [0.25, 0.3) is 0 Å². The summed E-state index contributed by atoms with van der Waals surface area (Å²) in [5.74, 6) is 2.21. The number of methoxy groups -OCH3 is 2. The van der Waals surface area contributed by atoms with Gasteiger partial charge >= 0.3 is 5.97 Å². The maximum Gasteiger partial charge on any atom is 0.307 e. The molecule has 0 fully saturated rings. The van der Waals surface area contributed by atoms with E-state index in [0.29, 0.717) is 0 Å². The Bertz CT molecular complexity index is 367. The molecule has 0 heterocycles. The molecule has 0 saturated heterocycles. The summed E-state index contributed by atoms with van der Waals surface area (Å²) < 4.78 is 9.66. The third-order valence-corrected chi connectivity index (χ3v) is 3.62. The van der Waals surface area contributed by atoms with Gasteiger partial charge in [0.15, 0.2) is 0 Å². The molecular weight excluding hydrogens is 250 g/mol. The van der Waals surface area contributed by atoms with E-state index in [1.807, 2.05) is 24.3 Å². The molecule has 0 aliphatic rings. The average molecular weight is 269 g/mol. The Kier molecular flexibility index (Phi) is 6.60. The molecular formula is C13H19NO3S. The normalized spacial score (nSPS) is 11.9. The second-order valence-electron chi connectivity index (χ2n) is 3.90. The van der Waals surface area contributed by atoms with E-state index in [9.17, 15) is 4.79 Å². The van der Waals surface area contributed by atoms with Crippen LogP contribution in [-0.4, -0.2) is 32.0 Å². The third kappa shape index (κ3) is 5.42. The minimum atomic E-state index is -0.257. The molecule has 0 aliphatic heterocycles. The molecule has 5 heteroatoms. The molecule has 0 bridgehead atoms. The zero-order valence-electron chi connectivity index (χ0n) is 10.7. The molecule has 0 aliphatic carbocycles. The lowest BCUT2D eigenvalue weighted by molar-refractivity contribution is -0.140. The fourth-order valence-electron chi connectivity index (χ4n) is 1.41. The van der Waals surface area contributed by atoms with Gasteiger partial charge in [0.05, 0.1) is 20.6 Å². The predicted octanol–water partition coefficient (Wildman–Crippen LogP) is 1.82. The van der Waals surface area contributed by atoms with Gasteiger partial charge in [0.1, 0.15) is 5.75 Å². The fourth-order valence-corrected chi connectivity index (χ4v) is 2.37. The lowest BCUT2D eigenvalue weighted by Crippen LogP contribution is -2.26. The number of esters is 1. The quantitative estimate of drug-likeness (QED) is 0.765. The molecule has 0 aromatic heterocycles. The van der Waals surface area contributed by atoms with E-state index in [1.54, 1.807) is 18.9 Å². The molecule has 100 valence electrons. The molecule has 1 aromatic rings. The molecule has 18 heavy (non-hydrogen) atoms. The number of nitrogens with two attached hydrogens (primary N) is 1. The second kappa shape index (κ2) is 8.00. The van der Waals surface area contributed by atoms with Gasteiger partial charge in [0.25, 0.3) is 0 Å². The number of thioether (sulfide) groups is 1. The largest absolute Gasteiger partial charge is 0.497 e. The number of carbonyl (C=O) groups is 1. The van der Waals surface area contributed by atoms with Crippen LogP contribution >= 0.6 is 11.8 Å². The molecule has 0 amide bonds. The van der Waals surface area contributed by atoms with Gasteiger partial charge in [0.2, 0.25) is 0 Å². The van der Waals surface area contributed by atoms with E-state index >= 15 is 0 Å². The monoisotopic (exact) mass is 269 g/mol. The Hall–Kier alpha value is -1.20. The smallest absolute Gasteiger partial charge is 0.307 e. The van der Waals surface area contributed by atoms with Crippen LogP contribution in [0, 0.1) is 0 Å². The summed E-state index contributed by atoms with van der Waals surface area (Å²) in [4.78, 5) is 11.0. The van der Waals surface area contributed by atoms with Crippen molar-refractivity contribution in [2.45, 2.75) is 18.2 Å². The molecule has 1 aromatic carbocycles. The van der Waals surface area contributed by atoms with Crippen molar-refractivity contribution in [3.8, 4) is 5.75 Å². The summed E-state index contributed by atoms with van der Waals surface area (Å²) in [6.45, 7) is 0. The van der Waals surface area contributed by atoms with Gasteiger partial charge in [-0.1, -0.05) is 12.1 Å². The van der Waals surface area contributed by atoms with Crippen molar-refractivity contribution >= 4 is 17.7 Å². The standard InChI is InChI=1S/C13H19NO3S/c1-16-12-5-3-10(4-6-12)8-18-9-11(14)7-13(15)17-2/h3-6,11H,7-9,14H2,1-2H3/t11-/m0/s1. The van der Waals surface area contributed by atoms with Crippen molar-refractivity contribution in [3.05, 3.63) is 29.8 Å². The highest BCUT2D eigenvalue weighted by atomic mass is 32.2. The maximum atomic E-state index is 11.0. The minimum Gasteiger partial charge on any atom is -0.497 e. The van der Waals surface area contributed by atoms with Crippen molar-refractivity contribution in [2.24, 2.45) is 5.73 Å². The van der Waals surface area contributed by atoms with Crippen LogP contribution in [-0.2, 0) is 15.3 Å². The van der Waals surface area contributed by atoms with Crippen LogP contribution in [0.3, 0.4) is 0 Å². The van der Waals surface area contributed by atoms with E-state index in [2.05, 4.69) is 4.74 Å². The number of ether oxygens (including phenoxy) is 2. The summed E-state index contributed by atoms with van der Waals surface area (Å²) in [5.41, 5.74) is 7.03. The fraction of sp³-hybridized carbons (Fsp3) is 0.462.